The lowest BCUT2D eigenvalue weighted by Gasteiger charge is -2.32. The molecule has 2 rings (SSSR count). The Morgan fingerprint density at radius 1 is 1.17 bits per heavy atom. The highest BCUT2D eigenvalue weighted by molar-refractivity contribution is 6.27. The average Bonchev–Trinajstić information content (AvgIpc) is 2.68. The zero-order valence-electron chi connectivity index (χ0n) is 16.7. The number of hydrogen-bond donors (Lipinski definition) is 3. The van der Waals surface area contributed by atoms with Crippen molar-refractivity contribution in [2.75, 3.05) is 32.8 Å². The molecule has 162 valence electrons. The number of aliphatic hydroxyl groups is 1. The largest absolute Gasteiger partial charge is 0.491 e. The monoisotopic (exact) mass is 411 g/mol. The molecule has 1 aliphatic heterocycles. The average molecular weight is 411 g/mol. The van der Waals surface area contributed by atoms with Crippen molar-refractivity contribution in [1.82, 2.24) is 4.90 Å². The van der Waals surface area contributed by atoms with Crippen LogP contribution in [0.1, 0.15) is 25.3 Å². The van der Waals surface area contributed by atoms with Crippen molar-refractivity contribution in [3.63, 3.8) is 0 Å². The first-order valence-corrected chi connectivity index (χ1v) is 9.45. The summed E-state index contributed by atoms with van der Waals surface area (Å²) in [7, 11) is 0. The van der Waals surface area contributed by atoms with Gasteiger partial charge in [-0.25, -0.2) is 9.59 Å². The number of likely N-dealkylation sites (tertiary alicyclic amines) is 1. The van der Waals surface area contributed by atoms with Crippen LogP contribution in [0.4, 0.5) is 0 Å². The minimum absolute atomic E-state index is 0.0751. The Bertz CT molecular complexity index is 649. The molecule has 0 amide bonds. The molecule has 0 aromatic heterocycles. The number of ether oxygens (including phenoxy) is 2. The summed E-state index contributed by atoms with van der Waals surface area (Å²) in [5.74, 6) is -3.08. The van der Waals surface area contributed by atoms with Crippen molar-refractivity contribution in [3.05, 3.63) is 29.8 Å². The van der Waals surface area contributed by atoms with Crippen molar-refractivity contribution < 1.29 is 39.2 Å². The number of β-amino-alcohol motifs (C(OH)–C–C–N with tert-alkyl or cyclic N) is 1. The maximum atomic E-state index is 11.8. The van der Waals surface area contributed by atoms with Crippen LogP contribution in [0.5, 0.6) is 5.75 Å². The summed E-state index contributed by atoms with van der Waals surface area (Å²) in [5, 5.41) is 24.9. The maximum Gasteiger partial charge on any atom is 0.414 e. The number of carbonyl (C=O) groups excluding carboxylic acids is 1. The van der Waals surface area contributed by atoms with E-state index in [4.69, 9.17) is 29.3 Å². The number of nitrogens with zero attached hydrogens (tertiary/aromatic N) is 1. The number of esters is 1. The van der Waals surface area contributed by atoms with Gasteiger partial charge in [-0.05, 0) is 45.4 Å². The second-order valence-electron chi connectivity index (χ2n) is 6.74. The Kier molecular flexibility index (Phi) is 10.7. The molecule has 0 aliphatic carbocycles. The minimum Gasteiger partial charge on any atom is -0.491 e. The number of rotatable bonds is 7. The molecule has 1 aliphatic rings. The van der Waals surface area contributed by atoms with Gasteiger partial charge in [-0.1, -0.05) is 17.7 Å². The fraction of sp³-hybridized carbons (Fsp3) is 0.550. The van der Waals surface area contributed by atoms with E-state index in [9.17, 15) is 9.90 Å². The second-order valence-corrected chi connectivity index (χ2v) is 6.74. The molecule has 0 bridgehead atoms. The van der Waals surface area contributed by atoms with Gasteiger partial charge >= 0.3 is 17.9 Å². The van der Waals surface area contributed by atoms with E-state index in [1.165, 1.54) is 5.56 Å². The smallest absolute Gasteiger partial charge is 0.414 e. The number of aliphatic carboxylic acids is 2. The second kappa shape index (κ2) is 12.7. The molecule has 1 heterocycles. The normalized spacial score (nSPS) is 17.4. The summed E-state index contributed by atoms with van der Waals surface area (Å²) in [6.07, 6.45) is 1.25. The molecule has 2 unspecified atom stereocenters. The van der Waals surface area contributed by atoms with E-state index in [1.807, 2.05) is 38.1 Å². The summed E-state index contributed by atoms with van der Waals surface area (Å²) in [6, 6.07) is 7.77. The molecule has 1 aromatic carbocycles. The number of aliphatic hydroxyl groups excluding tert-OH is 1. The molecular formula is C20H29NO8. The topological polar surface area (TPSA) is 134 Å². The number of carbonyl (C=O) groups is 3. The number of carboxylic acid groups (broad SMARTS) is 2. The van der Waals surface area contributed by atoms with Crippen molar-refractivity contribution >= 4 is 17.9 Å². The van der Waals surface area contributed by atoms with Crippen LogP contribution in [0.2, 0.25) is 0 Å². The molecule has 0 radical (unpaired) electrons. The number of aryl methyl sites for hydroxylation is 1. The molecule has 1 aromatic rings. The molecule has 29 heavy (non-hydrogen) atoms. The molecule has 0 spiro atoms. The standard InChI is InChI=1S/C18H27NO4.C2H2O4/c1-3-22-18(21)15-5-4-10-19(11-15)12-16(20)13-23-17-8-6-14(2)7-9-17;3-1(4)2(5)6/h6-9,15-16,20H,3-5,10-13H2,1-2H3;(H,3,4)(H,5,6). The van der Waals surface area contributed by atoms with Crippen LogP contribution < -0.4 is 4.74 Å². The fourth-order valence-corrected chi connectivity index (χ4v) is 2.85. The molecule has 2 atom stereocenters. The number of piperidine rings is 1. The van der Waals surface area contributed by atoms with Crippen LogP contribution in [-0.4, -0.2) is 77.1 Å². The summed E-state index contributed by atoms with van der Waals surface area (Å²) >= 11 is 0. The van der Waals surface area contributed by atoms with E-state index in [-0.39, 0.29) is 18.5 Å². The van der Waals surface area contributed by atoms with Gasteiger partial charge in [0.2, 0.25) is 0 Å². The number of hydrogen-bond acceptors (Lipinski definition) is 7. The van der Waals surface area contributed by atoms with Gasteiger partial charge in [0.25, 0.3) is 0 Å². The van der Waals surface area contributed by atoms with Gasteiger partial charge in [-0.15, -0.1) is 0 Å². The molecule has 1 fully saturated rings. The minimum atomic E-state index is -1.82. The third-order valence-electron chi connectivity index (χ3n) is 4.24. The van der Waals surface area contributed by atoms with Gasteiger partial charge in [0.15, 0.2) is 0 Å². The third-order valence-corrected chi connectivity index (χ3v) is 4.24. The lowest BCUT2D eigenvalue weighted by Crippen LogP contribution is -2.44. The maximum absolute atomic E-state index is 11.8. The van der Waals surface area contributed by atoms with E-state index in [0.717, 1.165) is 25.1 Å². The van der Waals surface area contributed by atoms with Crippen LogP contribution in [0, 0.1) is 12.8 Å². The highest BCUT2D eigenvalue weighted by atomic mass is 16.5. The molecule has 1 saturated heterocycles. The van der Waals surface area contributed by atoms with Gasteiger partial charge in [-0.2, -0.15) is 0 Å². The lowest BCUT2D eigenvalue weighted by molar-refractivity contribution is -0.159. The van der Waals surface area contributed by atoms with E-state index in [1.54, 1.807) is 0 Å². The van der Waals surface area contributed by atoms with Crippen LogP contribution in [0.3, 0.4) is 0 Å². The first-order valence-electron chi connectivity index (χ1n) is 9.45. The van der Waals surface area contributed by atoms with Crippen molar-refractivity contribution in [1.29, 1.82) is 0 Å². The Morgan fingerprint density at radius 3 is 2.34 bits per heavy atom. The number of carboxylic acids is 2. The van der Waals surface area contributed by atoms with Crippen LogP contribution in [0.25, 0.3) is 0 Å². The number of benzene rings is 1. The van der Waals surface area contributed by atoms with Gasteiger partial charge in [0, 0.05) is 13.1 Å². The van der Waals surface area contributed by atoms with Gasteiger partial charge in [0.05, 0.1) is 12.5 Å². The van der Waals surface area contributed by atoms with Gasteiger partial charge in [0.1, 0.15) is 18.5 Å². The zero-order valence-corrected chi connectivity index (χ0v) is 16.7. The summed E-state index contributed by atoms with van der Waals surface area (Å²) in [6.45, 7) is 6.59. The lowest BCUT2D eigenvalue weighted by atomic mass is 9.98. The third kappa shape index (κ3) is 9.91. The van der Waals surface area contributed by atoms with Gasteiger partial charge in [-0.3, -0.25) is 9.69 Å². The van der Waals surface area contributed by atoms with Crippen LogP contribution in [-0.2, 0) is 19.1 Å². The predicted molar refractivity (Wildman–Crippen MR) is 104 cm³/mol. The molecule has 9 heteroatoms. The molecule has 0 saturated carbocycles. The summed E-state index contributed by atoms with van der Waals surface area (Å²) in [5.41, 5.74) is 1.18. The van der Waals surface area contributed by atoms with Crippen molar-refractivity contribution in [2.45, 2.75) is 32.8 Å². The highest BCUT2D eigenvalue weighted by Gasteiger charge is 2.27. The fourth-order valence-electron chi connectivity index (χ4n) is 2.85. The van der Waals surface area contributed by atoms with Crippen LogP contribution >= 0.6 is 0 Å². The van der Waals surface area contributed by atoms with Gasteiger partial charge < -0.3 is 24.8 Å². The Labute approximate surface area is 169 Å². The van der Waals surface area contributed by atoms with Crippen LogP contribution in [0.15, 0.2) is 24.3 Å². The first kappa shape index (κ1) is 24.4. The first-order chi connectivity index (χ1) is 13.7. The van der Waals surface area contributed by atoms with Crippen molar-refractivity contribution in [3.8, 4) is 5.75 Å². The molecule has 9 nitrogen and oxygen atoms in total. The summed E-state index contributed by atoms with van der Waals surface area (Å²) in [4.78, 5) is 32.1. The molecule has 3 N–H and O–H groups in total. The van der Waals surface area contributed by atoms with E-state index >= 15 is 0 Å². The Morgan fingerprint density at radius 2 is 1.79 bits per heavy atom. The SMILES string of the molecule is CCOC(=O)C1CCCN(CC(O)COc2ccc(C)cc2)C1.O=C(O)C(=O)O. The van der Waals surface area contributed by atoms with E-state index in [0.29, 0.717) is 19.7 Å². The zero-order chi connectivity index (χ0) is 21.8. The highest BCUT2D eigenvalue weighted by Crippen LogP contribution is 2.18. The summed E-state index contributed by atoms with van der Waals surface area (Å²) < 4.78 is 10.7. The Balaban J connectivity index is 0.000000612. The predicted octanol–water partition coefficient (Wildman–Crippen LogP) is 1.17. The quantitative estimate of drug-likeness (QED) is 0.446. The van der Waals surface area contributed by atoms with Crippen molar-refractivity contribution in [2.24, 2.45) is 5.92 Å². The Hall–Kier alpha value is -2.65. The van der Waals surface area contributed by atoms with E-state index in [2.05, 4.69) is 4.90 Å². The molecular weight excluding hydrogens is 382 g/mol. The van der Waals surface area contributed by atoms with E-state index < -0.39 is 18.0 Å².